The van der Waals surface area contributed by atoms with Gasteiger partial charge >= 0.3 is 29.8 Å². The Morgan fingerprint density at radius 2 is 1.67 bits per heavy atom. The Morgan fingerprint density at radius 1 is 1.04 bits per heavy atom. The zero-order chi connectivity index (χ0) is 36.9. The first-order valence-electron chi connectivity index (χ1n) is 16.1. The first-order valence-corrected chi connectivity index (χ1v) is 16.1. The molecule has 14 nitrogen and oxygen atoms in total. The monoisotopic (exact) mass is 701 g/mol. The second kappa shape index (κ2) is 15.6. The van der Waals surface area contributed by atoms with Crippen LogP contribution in [0.15, 0.2) is 54.6 Å². The molecule has 2 fully saturated rings. The van der Waals surface area contributed by atoms with Gasteiger partial charge in [-0.1, -0.05) is 77.1 Å². The summed E-state index contributed by atoms with van der Waals surface area (Å²) in [6.45, 7) is 12.9. The van der Waals surface area contributed by atoms with E-state index < -0.39 is 77.7 Å². The van der Waals surface area contributed by atoms with E-state index in [1.54, 1.807) is 6.92 Å². The zero-order valence-electron chi connectivity index (χ0n) is 28.2. The van der Waals surface area contributed by atoms with Gasteiger partial charge in [-0.2, -0.15) is 0 Å². The standard InChI is InChI=1S/C35H46O14/c1-7-19(2)17-20(3)13-14-25(37)47-28-27(38)33(48-29(30(39)40)34(45,31(41)42)35(28,49-33)32(43)44)16-15-21(4)26(46-23(6)36)22(5)18-24-11-9-8-10-12-24/h8-14,19-20,22,26-29,38,45H,4,7,15-18H2,1-3,5-6H3,(H,39,40)(H,41,42)(H,43,44)/b14-13+/t19-,20-,22+,26+,27+,28+,29+,33-,34+,35-/m0/s1/i14+1,15+1,16+1,18+1,19+1,20+1,22+1,27+1,29+1,34+1,35+1. The van der Waals surface area contributed by atoms with Gasteiger partial charge in [-0.25, -0.2) is 19.2 Å². The smallest absolute Gasteiger partial charge is 0.344 e. The van der Waals surface area contributed by atoms with Crippen LogP contribution >= 0.6 is 0 Å². The first kappa shape index (κ1) is 39.3. The minimum atomic E-state index is -3.90. The van der Waals surface area contributed by atoms with E-state index >= 15 is 0 Å². The van der Waals surface area contributed by atoms with Crippen LogP contribution in [0, 0.1) is 17.8 Å². The van der Waals surface area contributed by atoms with Gasteiger partial charge in [0.1, 0.15) is 12.2 Å². The molecular formula is C35H46O14. The number of hydrogen-bond acceptors (Lipinski definition) is 11. The number of aliphatic hydroxyl groups excluding tert-OH is 1. The Morgan fingerprint density at radius 3 is 2.20 bits per heavy atom. The summed E-state index contributed by atoms with van der Waals surface area (Å²) in [5.41, 5.74) is -6.27. The van der Waals surface area contributed by atoms with E-state index in [4.69, 9.17) is 18.9 Å². The van der Waals surface area contributed by atoms with Crippen molar-refractivity contribution >= 4 is 29.8 Å². The number of carboxylic acids is 3. The largest absolute Gasteiger partial charge is 0.479 e. The van der Waals surface area contributed by atoms with Gasteiger partial charge < -0.3 is 44.5 Å². The van der Waals surface area contributed by atoms with E-state index in [1.165, 1.54) is 13.0 Å². The number of esters is 2. The van der Waals surface area contributed by atoms with Crippen LogP contribution in [0.3, 0.4) is 0 Å². The number of rotatable bonds is 17. The number of ether oxygens (including phenoxy) is 4. The molecule has 1 aromatic rings. The molecule has 2 bridgehead atoms. The van der Waals surface area contributed by atoms with Crippen LogP contribution in [0.5, 0.6) is 0 Å². The summed E-state index contributed by atoms with van der Waals surface area (Å²) in [7, 11) is 0. The van der Waals surface area contributed by atoms with Crippen molar-refractivity contribution in [3.05, 3.63) is 60.2 Å². The Labute approximate surface area is 284 Å². The molecular weight excluding hydrogens is 655 g/mol. The fourth-order valence-electron chi connectivity index (χ4n) is 6.58. The van der Waals surface area contributed by atoms with E-state index in [1.807, 2.05) is 51.1 Å². The molecule has 0 unspecified atom stereocenters. The summed E-state index contributed by atoms with van der Waals surface area (Å²) in [4.78, 5) is 63.0. The number of aliphatic hydroxyl groups is 2. The zero-order valence-corrected chi connectivity index (χ0v) is 28.2. The number of hydrogen-bond donors (Lipinski definition) is 5. The molecule has 0 saturated carbocycles. The molecule has 0 amide bonds. The topological polar surface area (TPSA) is 223 Å². The maximum Gasteiger partial charge on any atom is 0.344 e. The second-order valence-electron chi connectivity index (χ2n) is 13.1. The van der Waals surface area contributed by atoms with Gasteiger partial charge in [0.2, 0.25) is 23.1 Å². The maximum absolute atomic E-state index is 13.0. The van der Waals surface area contributed by atoms with Crippen LogP contribution in [-0.2, 0) is 49.3 Å². The van der Waals surface area contributed by atoms with E-state index in [0.717, 1.165) is 18.1 Å². The van der Waals surface area contributed by atoms with Crippen LogP contribution in [0.2, 0.25) is 0 Å². The first-order chi connectivity index (χ1) is 22.9. The average Bonchev–Trinajstić information content (AvgIpc) is 3.25. The highest BCUT2D eigenvalue weighted by Crippen LogP contribution is 2.56. The third-order valence-electron chi connectivity index (χ3n) is 9.29. The molecule has 2 aliphatic heterocycles. The predicted molar refractivity (Wildman–Crippen MR) is 171 cm³/mol. The number of aliphatic carboxylic acids is 3. The summed E-state index contributed by atoms with van der Waals surface area (Å²) < 4.78 is 22.0. The van der Waals surface area contributed by atoms with Gasteiger partial charge in [0.15, 0.2) is 6.10 Å². The molecule has 5 N–H and O–H groups in total. The minimum Gasteiger partial charge on any atom is -0.479 e. The van der Waals surface area contributed by atoms with Crippen molar-refractivity contribution in [3.63, 3.8) is 0 Å². The van der Waals surface area contributed by atoms with Crippen molar-refractivity contribution in [3.8, 4) is 0 Å². The van der Waals surface area contributed by atoms with Gasteiger partial charge in [0.25, 0.3) is 0 Å². The molecule has 0 radical (unpaired) electrons. The normalized spacial score (nSPS) is 30.1. The van der Waals surface area contributed by atoms with Gasteiger partial charge in [0, 0.05) is 25.3 Å². The molecule has 49 heavy (non-hydrogen) atoms. The van der Waals surface area contributed by atoms with Gasteiger partial charge in [-0.15, -0.1) is 0 Å². The maximum atomic E-state index is 13.0. The van der Waals surface area contributed by atoms with Crippen LogP contribution in [-0.4, -0.2) is 96.8 Å². The highest BCUT2D eigenvalue weighted by atomic mass is 16.9. The Hall–Kier alpha value is -4.11. The van der Waals surface area contributed by atoms with E-state index in [0.29, 0.717) is 18.8 Å². The number of benzene rings is 1. The minimum absolute atomic E-state index is 0.123. The summed E-state index contributed by atoms with van der Waals surface area (Å²) in [5, 5.41) is 53.5. The van der Waals surface area contributed by atoms with E-state index in [2.05, 4.69) is 6.58 Å². The second-order valence-corrected chi connectivity index (χ2v) is 13.1. The number of carbonyl (C=O) groups excluding carboxylic acids is 2. The molecule has 2 saturated heterocycles. The molecule has 3 rings (SSSR count). The fraction of sp³-hybridized carbons (Fsp3) is 0.571. The van der Waals surface area contributed by atoms with Crippen molar-refractivity contribution in [2.45, 2.75) is 108 Å². The Bertz CT molecular complexity index is 1440. The molecule has 1 aromatic carbocycles. The Balaban J connectivity index is 2.02. The predicted octanol–water partition coefficient (Wildman–Crippen LogP) is 2.88. The molecule has 270 valence electrons. The molecule has 2 heterocycles. The summed E-state index contributed by atoms with van der Waals surface area (Å²) in [6.07, 6.45) is -4.83. The lowest BCUT2D eigenvalue weighted by Gasteiger charge is -2.48. The quantitative estimate of drug-likeness (QED) is 0.0682. The lowest BCUT2D eigenvalue weighted by molar-refractivity contribution is -0.374. The number of fused-ring (bicyclic) bond motifs is 2. The lowest BCUT2D eigenvalue weighted by atomic mass is 10.2. The Kier molecular flexibility index (Phi) is 12.5. The van der Waals surface area contributed by atoms with Crippen LogP contribution in [0.1, 0.15) is 65.9 Å². The van der Waals surface area contributed by atoms with Crippen LogP contribution in [0.4, 0.5) is 0 Å². The molecule has 0 aromatic heterocycles. The SMILES string of the molecule is C=C([13CH2][13CH2][C@]12O[13C@H](C(=O)O)[13C@@](O)(C(=O)O)[13C@](C(=O)O)(O1)[C@H](OC(=O)/[13CH]=C/[13C@H](C)C[13C@@H](C)CC)[13C@H]2O)[C@@H](OC(C)=O)[13C@H](C)[13CH2]c1ccccc1. The number of carboxylic acid groups (broad SMARTS) is 3. The van der Waals surface area contributed by atoms with Crippen molar-refractivity contribution < 1.29 is 68.5 Å². The summed E-state index contributed by atoms with van der Waals surface area (Å²) >= 11 is 0. The molecule has 0 aliphatic carbocycles. The van der Waals surface area contributed by atoms with Crippen molar-refractivity contribution in [2.75, 3.05) is 0 Å². The summed E-state index contributed by atoms with van der Waals surface area (Å²) in [6, 6.07) is 9.29. The van der Waals surface area contributed by atoms with Crippen LogP contribution in [0.25, 0.3) is 0 Å². The van der Waals surface area contributed by atoms with Gasteiger partial charge in [-0.05, 0) is 42.2 Å². The van der Waals surface area contributed by atoms with Crippen molar-refractivity contribution in [1.82, 2.24) is 0 Å². The van der Waals surface area contributed by atoms with Crippen molar-refractivity contribution in [2.24, 2.45) is 17.8 Å². The number of allylic oxidation sites excluding steroid dienone is 1. The molecule has 2 aliphatic rings. The third-order valence-corrected chi connectivity index (χ3v) is 9.29. The third kappa shape index (κ3) is 7.88. The van der Waals surface area contributed by atoms with Crippen LogP contribution < -0.4 is 0 Å². The van der Waals surface area contributed by atoms with Gasteiger partial charge in [-0.3, -0.25) is 4.79 Å². The molecule has 14 heteroatoms. The fourth-order valence-corrected chi connectivity index (χ4v) is 6.58. The van der Waals surface area contributed by atoms with E-state index in [-0.39, 0.29) is 23.8 Å². The molecule has 10 atom stereocenters. The van der Waals surface area contributed by atoms with Crippen molar-refractivity contribution in [1.29, 1.82) is 0 Å². The highest BCUT2D eigenvalue weighted by Gasteiger charge is 2.85. The van der Waals surface area contributed by atoms with E-state index in [9.17, 15) is 49.5 Å². The average molecular weight is 702 g/mol. The molecule has 0 spiro atoms. The van der Waals surface area contributed by atoms with Gasteiger partial charge in [0.05, 0.1) is 0 Å². The summed E-state index contributed by atoms with van der Waals surface area (Å²) in [5.74, 6) is -11.3. The number of carbonyl (C=O) groups is 5. The lowest BCUT2D eigenvalue weighted by Crippen LogP contribution is -2.78. The highest BCUT2D eigenvalue weighted by molar-refractivity contribution is 5.98.